The number of carbonyl (C=O) groups excluding carboxylic acids is 2. The van der Waals surface area contributed by atoms with Crippen LogP contribution in [0.3, 0.4) is 0 Å². The first-order valence-electron chi connectivity index (χ1n) is 8.71. The molecule has 144 valence electrons. The Balaban J connectivity index is 1.85. The Hall–Kier alpha value is -2.25. The molecule has 3 N–H and O–H groups in total. The van der Waals surface area contributed by atoms with Crippen molar-refractivity contribution in [2.24, 2.45) is 0 Å². The maximum Gasteiger partial charge on any atom is 0.416 e. The highest BCUT2D eigenvalue weighted by Crippen LogP contribution is 2.29. The van der Waals surface area contributed by atoms with Crippen molar-refractivity contribution >= 4 is 11.9 Å². The van der Waals surface area contributed by atoms with E-state index in [2.05, 4.69) is 16.0 Å². The molecule has 0 bridgehead atoms. The summed E-state index contributed by atoms with van der Waals surface area (Å²) in [5.41, 5.74) is -0.889. The number of hydrogen-bond donors (Lipinski definition) is 3. The molecular formula is C18H24F3N3O2. The van der Waals surface area contributed by atoms with E-state index in [9.17, 15) is 22.8 Å². The van der Waals surface area contributed by atoms with Gasteiger partial charge in [0.1, 0.15) is 5.54 Å². The predicted molar refractivity (Wildman–Crippen MR) is 91.6 cm³/mol. The molecule has 8 heteroatoms. The van der Waals surface area contributed by atoms with Crippen molar-refractivity contribution < 1.29 is 22.8 Å². The molecule has 2 rings (SSSR count). The lowest BCUT2D eigenvalue weighted by molar-refractivity contribution is -0.137. The van der Waals surface area contributed by atoms with Crippen molar-refractivity contribution in [1.82, 2.24) is 16.0 Å². The van der Waals surface area contributed by atoms with Gasteiger partial charge in [-0.25, -0.2) is 4.79 Å². The zero-order valence-electron chi connectivity index (χ0n) is 14.7. The van der Waals surface area contributed by atoms with Crippen LogP contribution < -0.4 is 16.0 Å². The van der Waals surface area contributed by atoms with E-state index in [-0.39, 0.29) is 12.5 Å². The molecule has 1 aliphatic carbocycles. The molecule has 0 aromatic heterocycles. The van der Waals surface area contributed by atoms with Crippen LogP contribution in [0.4, 0.5) is 18.0 Å². The molecule has 1 saturated carbocycles. The third kappa shape index (κ3) is 5.12. The minimum absolute atomic E-state index is 0.199. The van der Waals surface area contributed by atoms with Crippen molar-refractivity contribution in [3.63, 3.8) is 0 Å². The van der Waals surface area contributed by atoms with Gasteiger partial charge in [-0.15, -0.1) is 0 Å². The first-order chi connectivity index (χ1) is 12.3. The number of nitrogens with one attached hydrogen (secondary N) is 3. The average Bonchev–Trinajstić information content (AvgIpc) is 2.61. The highest BCUT2D eigenvalue weighted by Gasteiger charge is 2.40. The van der Waals surface area contributed by atoms with E-state index in [4.69, 9.17) is 0 Å². The Morgan fingerprint density at radius 3 is 2.23 bits per heavy atom. The van der Waals surface area contributed by atoms with E-state index in [1.807, 2.05) is 0 Å². The van der Waals surface area contributed by atoms with Gasteiger partial charge in [-0.05, 0) is 37.0 Å². The lowest BCUT2D eigenvalue weighted by atomic mass is 9.81. The molecule has 0 radical (unpaired) electrons. The van der Waals surface area contributed by atoms with Crippen molar-refractivity contribution in [3.8, 4) is 0 Å². The summed E-state index contributed by atoms with van der Waals surface area (Å²) in [5, 5.41) is 8.07. The number of carbonyl (C=O) groups is 2. The SMILES string of the molecule is CNC(=O)C1(NC(=O)NCCc2ccc(C(F)(F)F)cc2)CCCCC1. The molecule has 0 atom stereocenters. The highest BCUT2D eigenvalue weighted by atomic mass is 19.4. The molecule has 5 nitrogen and oxygen atoms in total. The van der Waals surface area contributed by atoms with Crippen molar-refractivity contribution in [2.75, 3.05) is 13.6 Å². The number of urea groups is 1. The topological polar surface area (TPSA) is 70.2 Å². The summed E-state index contributed by atoms with van der Waals surface area (Å²) in [5.74, 6) is -0.199. The molecule has 1 aliphatic rings. The monoisotopic (exact) mass is 371 g/mol. The smallest absolute Gasteiger partial charge is 0.357 e. The third-order valence-electron chi connectivity index (χ3n) is 4.70. The van der Waals surface area contributed by atoms with Crippen LogP contribution in [-0.4, -0.2) is 31.1 Å². The molecule has 0 unspecified atom stereocenters. The zero-order chi connectivity index (χ0) is 19.2. The van der Waals surface area contributed by atoms with Crippen LogP contribution in [0.1, 0.15) is 43.2 Å². The molecule has 0 heterocycles. The Bertz CT molecular complexity index is 624. The van der Waals surface area contributed by atoms with Gasteiger partial charge < -0.3 is 16.0 Å². The highest BCUT2D eigenvalue weighted by molar-refractivity contribution is 5.91. The van der Waals surface area contributed by atoms with Gasteiger partial charge in [-0.1, -0.05) is 31.4 Å². The van der Waals surface area contributed by atoms with Crippen LogP contribution in [0.2, 0.25) is 0 Å². The molecular weight excluding hydrogens is 347 g/mol. The Labute approximate surface area is 150 Å². The molecule has 1 fully saturated rings. The van der Waals surface area contributed by atoms with Gasteiger partial charge in [-0.3, -0.25) is 4.79 Å². The normalized spacial score (nSPS) is 16.6. The number of rotatable bonds is 5. The molecule has 0 spiro atoms. The van der Waals surface area contributed by atoms with Gasteiger partial charge in [0, 0.05) is 13.6 Å². The van der Waals surface area contributed by atoms with Crippen LogP contribution >= 0.6 is 0 Å². The maximum absolute atomic E-state index is 12.5. The third-order valence-corrected chi connectivity index (χ3v) is 4.70. The second-order valence-electron chi connectivity index (χ2n) is 6.55. The predicted octanol–water partition coefficient (Wildman–Crippen LogP) is 3.00. The Morgan fingerprint density at radius 2 is 1.69 bits per heavy atom. The van der Waals surface area contributed by atoms with Crippen LogP contribution in [0.5, 0.6) is 0 Å². The van der Waals surface area contributed by atoms with Gasteiger partial charge in [0.15, 0.2) is 0 Å². The first-order valence-corrected chi connectivity index (χ1v) is 8.71. The van der Waals surface area contributed by atoms with E-state index >= 15 is 0 Å². The second kappa shape index (κ2) is 8.42. The summed E-state index contributed by atoms with van der Waals surface area (Å²) in [6.45, 7) is 0.265. The van der Waals surface area contributed by atoms with Crippen LogP contribution in [0.25, 0.3) is 0 Å². The van der Waals surface area contributed by atoms with Crippen LogP contribution in [-0.2, 0) is 17.4 Å². The van der Waals surface area contributed by atoms with Gasteiger partial charge in [-0.2, -0.15) is 13.2 Å². The van der Waals surface area contributed by atoms with Crippen molar-refractivity contribution in [2.45, 2.75) is 50.2 Å². The van der Waals surface area contributed by atoms with E-state index in [1.165, 1.54) is 12.1 Å². The lowest BCUT2D eigenvalue weighted by Gasteiger charge is -2.36. The number of likely N-dealkylation sites (N-methyl/N-ethyl adjacent to an activating group) is 1. The molecule has 26 heavy (non-hydrogen) atoms. The lowest BCUT2D eigenvalue weighted by Crippen LogP contribution is -2.61. The second-order valence-corrected chi connectivity index (χ2v) is 6.55. The quantitative estimate of drug-likeness (QED) is 0.745. The number of alkyl halides is 3. The Morgan fingerprint density at radius 1 is 1.08 bits per heavy atom. The summed E-state index contributed by atoms with van der Waals surface area (Å²) in [4.78, 5) is 24.3. The summed E-state index contributed by atoms with van der Waals surface area (Å²) in [7, 11) is 1.54. The summed E-state index contributed by atoms with van der Waals surface area (Å²) < 4.78 is 37.6. The molecule has 1 aromatic carbocycles. The molecule has 0 aliphatic heterocycles. The number of halogens is 3. The minimum atomic E-state index is -4.36. The molecule has 1 aromatic rings. The molecule has 0 saturated heterocycles. The maximum atomic E-state index is 12.5. The largest absolute Gasteiger partial charge is 0.416 e. The zero-order valence-corrected chi connectivity index (χ0v) is 14.7. The fraction of sp³-hybridized carbons (Fsp3) is 0.556. The minimum Gasteiger partial charge on any atom is -0.357 e. The Kier molecular flexibility index (Phi) is 6.50. The summed E-state index contributed by atoms with van der Waals surface area (Å²) in [6, 6.07) is 4.41. The van der Waals surface area contributed by atoms with E-state index in [0.717, 1.165) is 31.4 Å². The summed E-state index contributed by atoms with van der Waals surface area (Å²) in [6.07, 6.45) is 0.0236. The number of amides is 3. The van der Waals surface area contributed by atoms with Crippen molar-refractivity contribution in [1.29, 1.82) is 0 Å². The van der Waals surface area contributed by atoms with E-state index < -0.39 is 23.3 Å². The van der Waals surface area contributed by atoms with Gasteiger partial charge in [0.05, 0.1) is 5.56 Å². The molecule has 3 amide bonds. The standard InChI is InChI=1S/C18H24F3N3O2/c1-22-15(25)17(10-3-2-4-11-17)24-16(26)23-12-9-13-5-7-14(8-6-13)18(19,20)21/h5-8H,2-4,9-12H2,1H3,(H,22,25)(H2,23,24,26). The van der Waals surface area contributed by atoms with E-state index in [0.29, 0.717) is 24.8 Å². The van der Waals surface area contributed by atoms with Gasteiger partial charge in [0.25, 0.3) is 0 Å². The van der Waals surface area contributed by atoms with Gasteiger partial charge in [0.2, 0.25) is 5.91 Å². The van der Waals surface area contributed by atoms with Crippen LogP contribution in [0.15, 0.2) is 24.3 Å². The first kappa shape index (κ1) is 20.1. The summed E-state index contributed by atoms with van der Waals surface area (Å²) >= 11 is 0. The average molecular weight is 371 g/mol. The fourth-order valence-corrected chi connectivity index (χ4v) is 3.25. The van der Waals surface area contributed by atoms with Crippen molar-refractivity contribution in [3.05, 3.63) is 35.4 Å². The fourth-order valence-electron chi connectivity index (χ4n) is 3.25. The number of hydrogen-bond acceptors (Lipinski definition) is 2. The van der Waals surface area contributed by atoms with E-state index in [1.54, 1.807) is 7.05 Å². The van der Waals surface area contributed by atoms with Crippen LogP contribution in [0, 0.1) is 0 Å². The van der Waals surface area contributed by atoms with Gasteiger partial charge >= 0.3 is 12.2 Å². The number of benzene rings is 1.